The van der Waals surface area contributed by atoms with E-state index in [2.05, 4.69) is 5.16 Å². The molecule has 88 valence electrons. The second-order valence-electron chi connectivity index (χ2n) is 4.22. The predicted molar refractivity (Wildman–Crippen MR) is 59.0 cm³/mol. The third kappa shape index (κ3) is 2.09. The molecule has 1 amide bonds. The smallest absolute Gasteiger partial charge is 0.292 e. The molecule has 1 fully saturated rings. The molecule has 5 heteroatoms. The Morgan fingerprint density at radius 3 is 3.12 bits per heavy atom. The Balaban J connectivity index is 2.13. The first kappa shape index (κ1) is 11.1. The highest BCUT2D eigenvalue weighted by Crippen LogP contribution is 2.19. The van der Waals surface area contributed by atoms with Crippen molar-refractivity contribution in [3.8, 4) is 0 Å². The van der Waals surface area contributed by atoms with Crippen LogP contribution in [-0.2, 0) is 0 Å². The topological polar surface area (TPSA) is 72.4 Å². The summed E-state index contributed by atoms with van der Waals surface area (Å²) in [4.78, 5) is 13.9. The SMILES string of the molecule is Cc1cc(C(=O)N2CCCCC2CN)on1. The summed E-state index contributed by atoms with van der Waals surface area (Å²) in [5, 5.41) is 3.73. The lowest BCUT2D eigenvalue weighted by atomic mass is 10.0. The molecule has 16 heavy (non-hydrogen) atoms. The van der Waals surface area contributed by atoms with E-state index in [1.54, 1.807) is 13.0 Å². The fourth-order valence-electron chi connectivity index (χ4n) is 2.12. The van der Waals surface area contributed by atoms with Crippen molar-refractivity contribution in [1.29, 1.82) is 0 Å². The van der Waals surface area contributed by atoms with Crippen molar-refractivity contribution in [3.63, 3.8) is 0 Å². The van der Waals surface area contributed by atoms with Crippen molar-refractivity contribution < 1.29 is 9.32 Å². The number of aryl methyl sites for hydroxylation is 1. The Kier molecular flexibility index (Phi) is 3.24. The summed E-state index contributed by atoms with van der Waals surface area (Å²) >= 11 is 0. The molecule has 2 heterocycles. The number of hydrogen-bond donors (Lipinski definition) is 1. The van der Waals surface area contributed by atoms with Crippen molar-refractivity contribution in [2.24, 2.45) is 5.73 Å². The molecule has 1 aliphatic heterocycles. The quantitative estimate of drug-likeness (QED) is 0.809. The Labute approximate surface area is 94.6 Å². The van der Waals surface area contributed by atoms with Crippen molar-refractivity contribution >= 4 is 5.91 Å². The third-order valence-electron chi connectivity index (χ3n) is 3.00. The van der Waals surface area contributed by atoms with Gasteiger partial charge in [0.15, 0.2) is 0 Å². The van der Waals surface area contributed by atoms with Crippen LogP contribution in [0.25, 0.3) is 0 Å². The number of piperidine rings is 1. The highest BCUT2D eigenvalue weighted by molar-refractivity contribution is 5.91. The molecule has 0 bridgehead atoms. The molecule has 2 rings (SSSR count). The number of hydrogen-bond acceptors (Lipinski definition) is 4. The van der Waals surface area contributed by atoms with Crippen molar-refractivity contribution in [2.45, 2.75) is 32.2 Å². The first-order chi connectivity index (χ1) is 7.72. The molecule has 0 saturated carbocycles. The maximum atomic E-state index is 12.1. The van der Waals surface area contributed by atoms with Gasteiger partial charge in [0.2, 0.25) is 5.76 Å². The van der Waals surface area contributed by atoms with E-state index < -0.39 is 0 Å². The van der Waals surface area contributed by atoms with Gasteiger partial charge in [0.05, 0.1) is 5.69 Å². The summed E-state index contributed by atoms with van der Waals surface area (Å²) in [7, 11) is 0. The van der Waals surface area contributed by atoms with E-state index in [4.69, 9.17) is 10.3 Å². The minimum Gasteiger partial charge on any atom is -0.351 e. The molecule has 2 N–H and O–H groups in total. The van der Waals surface area contributed by atoms with Gasteiger partial charge >= 0.3 is 0 Å². The lowest BCUT2D eigenvalue weighted by Crippen LogP contribution is -2.47. The Bertz CT molecular complexity index is 375. The van der Waals surface area contributed by atoms with Crippen molar-refractivity contribution in [3.05, 3.63) is 17.5 Å². The molecule has 1 atom stereocenters. The second-order valence-corrected chi connectivity index (χ2v) is 4.22. The van der Waals surface area contributed by atoms with Gasteiger partial charge in [-0.2, -0.15) is 0 Å². The normalized spacial score (nSPS) is 21.1. The summed E-state index contributed by atoms with van der Waals surface area (Å²) in [6.07, 6.45) is 3.16. The number of amides is 1. The van der Waals surface area contributed by atoms with E-state index in [1.165, 1.54) is 0 Å². The summed E-state index contributed by atoms with van der Waals surface area (Å²) < 4.78 is 4.99. The minimum absolute atomic E-state index is 0.0873. The average molecular weight is 223 g/mol. The number of rotatable bonds is 2. The van der Waals surface area contributed by atoms with Crippen LogP contribution in [0, 0.1) is 6.92 Å². The molecule has 1 aromatic rings. The summed E-state index contributed by atoms with van der Waals surface area (Å²) in [6.45, 7) is 3.08. The van der Waals surface area contributed by atoms with E-state index in [1.807, 2.05) is 4.90 Å². The molecule has 1 aromatic heterocycles. The van der Waals surface area contributed by atoms with Crippen LogP contribution in [0.5, 0.6) is 0 Å². The molecule has 0 radical (unpaired) electrons. The summed E-state index contributed by atoms with van der Waals surface area (Å²) in [6, 6.07) is 1.82. The molecule has 0 spiro atoms. The van der Waals surface area contributed by atoms with E-state index in [0.717, 1.165) is 31.5 Å². The molecule has 0 aliphatic carbocycles. The van der Waals surface area contributed by atoms with Gasteiger partial charge in [0.1, 0.15) is 0 Å². The van der Waals surface area contributed by atoms with Gasteiger partial charge in [0.25, 0.3) is 5.91 Å². The second kappa shape index (κ2) is 4.65. The summed E-state index contributed by atoms with van der Waals surface area (Å²) in [5.41, 5.74) is 6.40. The Morgan fingerprint density at radius 2 is 2.50 bits per heavy atom. The van der Waals surface area contributed by atoms with Crippen LogP contribution in [0.1, 0.15) is 35.5 Å². The molecular formula is C11H17N3O2. The van der Waals surface area contributed by atoms with Gasteiger partial charge in [-0.1, -0.05) is 5.16 Å². The zero-order valence-electron chi connectivity index (χ0n) is 9.48. The number of aromatic nitrogens is 1. The first-order valence-electron chi connectivity index (χ1n) is 5.66. The fourth-order valence-corrected chi connectivity index (χ4v) is 2.12. The molecule has 0 aromatic carbocycles. The van der Waals surface area contributed by atoms with Crippen molar-refractivity contribution in [1.82, 2.24) is 10.1 Å². The van der Waals surface area contributed by atoms with E-state index in [0.29, 0.717) is 12.3 Å². The number of nitrogens with two attached hydrogens (primary N) is 1. The zero-order chi connectivity index (χ0) is 11.5. The number of likely N-dealkylation sites (tertiary alicyclic amines) is 1. The van der Waals surface area contributed by atoms with Crippen LogP contribution in [0.4, 0.5) is 0 Å². The van der Waals surface area contributed by atoms with Crippen LogP contribution in [0.3, 0.4) is 0 Å². The number of carbonyl (C=O) groups excluding carboxylic acids is 1. The number of nitrogens with zero attached hydrogens (tertiary/aromatic N) is 2. The van der Waals surface area contributed by atoms with E-state index >= 15 is 0 Å². The first-order valence-corrected chi connectivity index (χ1v) is 5.66. The van der Waals surface area contributed by atoms with Crippen LogP contribution in [0.15, 0.2) is 10.6 Å². The van der Waals surface area contributed by atoms with E-state index in [9.17, 15) is 4.79 Å². The van der Waals surface area contributed by atoms with Gasteiger partial charge in [-0.3, -0.25) is 4.79 Å². The fraction of sp³-hybridized carbons (Fsp3) is 0.636. The molecule has 1 unspecified atom stereocenters. The zero-order valence-corrected chi connectivity index (χ0v) is 9.48. The van der Waals surface area contributed by atoms with Gasteiger partial charge in [0, 0.05) is 25.2 Å². The highest BCUT2D eigenvalue weighted by atomic mass is 16.5. The lowest BCUT2D eigenvalue weighted by molar-refractivity contribution is 0.0581. The average Bonchev–Trinajstić information content (AvgIpc) is 2.75. The monoisotopic (exact) mass is 223 g/mol. The molecular weight excluding hydrogens is 206 g/mol. The van der Waals surface area contributed by atoms with E-state index in [-0.39, 0.29) is 11.9 Å². The Morgan fingerprint density at radius 1 is 1.69 bits per heavy atom. The largest absolute Gasteiger partial charge is 0.351 e. The standard InChI is InChI=1S/C11H17N3O2/c1-8-6-10(16-13-8)11(15)14-5-3-2-4-9(14)7-12/h6,9H,2-5,7,12H2,1H3. The van der Waals surface area contributed by atoms with Crippen LogP contribution in [0.2, 0.25) is 0 Å². The lowest BCUT2D eigenvalue weighted by Gasteiger charge is -2.34. The van der Waals surface area contributed by atoms with Gasteiger partial charge < -0.3 is 15.2 Å². The molecule has 5 nitrogen and oxygen atoms in total. The number of carbonyl (C=O) groups is 1. The third-order valence-corrected chi connectivity index (χ3v) is 3.00. The minimum atomic E-state index is -0.0873. The molecule has 1 aliphatic rings. The Hall–Kier alpha value is -1.36. The maximum absolute atomic E-state index is 12.1. The van der Waals surface area contributed by atoms with Crippen molar-refractivity contribution in [2.75, 3.05) is 13.1 Å². The van der Waals surface area contributed by atoms with Crippen LogP contribution in [-0.4, -0.2) is 35.1 Å². The highest BCUT2D eigenvalue weighted by Gasteiger charge is 2.28. The van der Waals surface area contributed by atoms with Gasteiger partial charge in [-0.25, -0.2) is 0 Å². The van der Waals surface area contributed by atoms with Crippen LogP contribution < -0.4 is 5.73 Å². The predicted octanol–water partition coefficient (Wildman–Crippen LogP) is 0.936. The van der Waals surface area contributed by atoms with Gasteiger partial charge in [-0.15, -0.1) is 0 Å². The summed E-state index contributed by atoms with van der Waals surface area (Å²) in [5.74, 6) is 0.230. The maximum Gasteiger partial charge on any atom is 0.292 e. The van der Waals surface area contributed by atoms with Crippen LogP contribution >= 0.6 is 0 Å². The van der Waals surface area contributed by atoms with Gasteiger partial charge in [-0.05, 0) is 26.2 Å². The molecule has 1 saturated heterocycles.